The Labute approximate surface area is 164 Å². The molecule has 0 aliphatic carbocycles. The van der Waals surface area contributed by atoms with E-state index in [0.29, 0.717) is 5.56 Å². The van der Waals surface area contributed by atoms with E-state index in [9.17, 15) is 14.3 Å². The van der Waals surface area contributed by atoms with Crippen molar-refractivity contribution in [2.45, 2.75) is 24.3 Å². The van der Waals surface area contributed by atoms with Gasteiger partial charge in [-0.2, -0.15) is 0 Å². The van der Waals surface area contributed by atoms with E-state index in [1.807, 2.05) is 11.4 Å². The molecule has 7 heteroatoms. The van der Waals surface area contributed by atoms with E-state index >= 15 is 0 Å². The smallest absolute Gasteiger partial charge is 0.335 e. The Morgan fingerprint density at radius 3 is 2.78 bits per heavy atom. The third-order valence-corrected chi connectivity index (χ3v) is 6.47. The van der Waals surface area contributed by atoms with E-state index < -0.39 is 5.97 Å². The van der Waals surface area contributed by atoms with Gasteiger partial charge >= 0.3 is 5.97 Å². The summed E-state index contributed by atoms with van der Waals surface area (Å²) in [7, 11) is 0. The average molecular weight is 400 g/mol. The van der Waals surface area contributed by atoms with Crippen molar-refractivity contribution < 1.29 is 14.3 Å². The highest BCUT2D eigenvalue weighted by atomic mass is 32.2. The van der Waals surface area contributed by atoms with Crippen LogP contribution in [0.4, 0.5) is 10.1 Å². The van der Waals surface area contributed by atoms with Crippen LogP contribution in [0.25, 0.3) is 10.6 Å². The molecule has 27 heavy (non-hydrogen) atoms. The molecule has 0 spiro atoms. The predicted octanol–water partition coefficient (Wildman–Crippen LogP) is 5.50. The van der Waals surface area contributed by atoms with Crippen LogP contribution in [0, 0.1) is 5.82 Å². The molecule has 0 fully saturated rings. The number of hydrogen-bond acceptors (Lipinski definition) is 5. The van der Waals surface area contributed by atoms with Crippen molar-refractivity contribution in [3.63, 3.8) is 0 Å². The number of carboxylic acid groups (broad SMARTS) is 1. The largest absolute Gasteiger partial charge is 0.478 e. The van der Waals surface area contributed by atoms with Gasteiger partial charge in [-0.05, 0) is 67.3 Å². The summed E-state index contributed by atoms with van der Waals surface area (Å²) >= 11 is 3.10. The molecule has 0 unspecified atom stereocenters. The normalized spacial score (nSPS) is 13.9. The number of fused-ring (bicyclic) bond motifs is 1. The molecule has 0 atom stereocenters. The van der Waals surface area contributed by atoms with Crippen LogP contribution < -0.4 is 4.31 Å². The van der Waals surface area contributed by atoms with Crippen LogP contribution in [-0.2, 0) is 6.42 Å². The predicted molar refractivity (Wildman–Crippen MR) is 107 cm³/mol. The number of carboxylic acids is 1. The topological polar surface area (TPSA) is 53.4 Å². The highest BCUT2D eigenvalue weighted by Gasteiger charge is 2.19. The molecule has 2 heterocycles. The number of rotatable bonds is 4. The first-order chi connectivity index (χ1) is 13.1. The van der Waals surface area contributed by atoms with Gasteiger partial charge in [0.05, 0.1) is 11.3 Å². The lowest BCUT2D eigenvalue weighted by atomic mass is 10.0. The molecule has 4 rings (SSSR count). The zero-order valence-corrected chi connectivity index (χ0v) is 16.0. The lowest BCUT2D eigenvalue weighted by molar-refractivity contribution is 0.0697. The first-order valence-electron chi connectivity index (χ1n) is 8.63. The first kappa shape index (κ1) is 18.0. The van der Waals surface area contributed by atoms with Crippen LogP contribution in [0.1, 0.15) is 28.8 Å². The Kier molecular flexibility index (Phi) is 5.13. The van der Waals surface area contributed by atoms with E-state index in [2.05, 4.69) is 9.29 Å². The van der Waals surface area contributed by atoms with E-state index in [4.69, 9.17) is 0 Å². The number of hydrogen-bond donors (Lipinski definition) is 1. The molecule has 1 aromatic heterocycles. The van der Waals surface area contributed by atoms with E-state index in [1.165, 1.54) is 23.5 Å². The van der Waals surface area contributed by atoms with Crippen molar-refractivity contribution in [3.05, 3.63) is 64.8 Å². The van der Waals surface area contributed by atoms with Crippen molar-refractivity contribution in [3.8, 4) is 10.6 Å². The number of halogens is 1. The summed E-state index contributed by atoms with van der Waals surface area (Å²) in [5.41, 5.74) is 3.34. The minimum atomic E-state index is -0.898. The van der Waals surface area contributed by atoms with Gasteiger partial charge < -0.3 is 9.41 Å². The zero-order chi connectivity index (χ0) is 18.8. The summed E-state index contributed by atoms with van der Waals surface area (Å²) in [6, 6.07) is 11.7. The number of aryl methyl sites for hydroxylation is 1. The molecule has 0 saturated carbocycles. The molecular formula is C20H17FN2O2S2. The number of thiazole rings is 1. The van der Waals surface area contributed by atoms with E-state index in [1.54, 1.807) is 36.2 Å². The van der Waals surface area contributed by atoms with Gasteiger partial charge in [-0.1, -0.05) is 0 Å². The maximum Gasteiger partial charge on any atom is 0.335 e. The highest BCUT2D eigenvalue weighted by molar-refractivity contribution is 8.00. The number of aromatic nitrogens is 1. The van der Waals surface area contributed by atoms with Crippen molar-refractivity contribution >= 4 is 34.9 Å². The number of nitrogens with zero attached hydrogens (tertiary/aromatic N) is 2. The lowest BCUT2D eigenvalue weighted by Gasteiger charge is -2.22. The Morgan fingerprint density at radius 2 is 2.00 bits per heavy atom. The fourth-order valence-corrected chi connectivity index (χ4v) is 5.00. The number of aromatic carboxylic acids is 1. The summed E-state index contributed by atoms with van der Waals surface area (Å²) in [6.07, 6.45) is 2.95. The second-order valence-electron chi connectivity index (χ2n) is 6.30. The summed E-state index contributed by atoms with van der Waals surface area (Å²) in [6.45, 7) is 0.882. The Hall–Kier alpha value is -2.38. The molecule has 138 valence electrons. The van der Waals surface area contributed by atoms with Crippen LogP contribution in [0.5, 0.6) is 0 Å². The SMILES string of the molecule is O=C(O)c1ccc2c(c1)CCCCN2Sc1csc(-c2ccc(F)cc2)n1. The van der Waals surface area contributed by atoms with Crippen molar-refractivity contribution in [2.75, 3.05) is 10.8 Å². The summed E-state index contributed by atoms with van der Waals surface area (Å²) in [4.78, 5) is 15.9. The van der Waals surface area contributed by atoms with Gasteiger partial charge in [0.1, 0.15) is 15.9 Å². The number of benzene rings is 2. The molecule has 0 amide bonds. The minimum Gasteiger partial charge on any atom is -0.478 e. The minimum absolute atomic E-state index is 0.258. The second-order valence-corrected chi connectivity index (χ2v) is 8.20. The third-order valence-electron chi connectivity index (χ3n) is 4.43. The monoisotopic (exact) mass is 400 g/mol. The third kappa shape index (κ3) is 3.99. The van der Waals surface area contributed by atoms with Gasteiger partial charge in [0.2, 0.25) is 0 Å². The Morgan fingerprint density at radius 1 is 1.19 bits per heavy atom. The van der Waals surface area contributed by atoms with Gasteiger partial charge in [0.25, 0.3) is 0 Å². The van der Waals surface area contributed by atoms with Crippen molar-refractivity contribution in [1.29, 1.82) is 0 Å². The van der Waals surface area contributed by atoms with Gasteiger partial charge in [0.15, 0.2) is 0 Å². The van der Waals surface area contributed by atoms with Crippen LogP contribution in [0.3, 0.4) is 0 Å². The van der Waals surface area contributed by atoms with E-state index in [-0.39, 0.29) is 5.82 Å². The van der Waals surface area contributed by atoms with Crippen LogP contribution >= 0.6 is 23.3 Å². The van der Waals surface area contributed by atoms with E-state index in [0.717, 1.165) is 52.7 Å². The Bertz CT molecular complexity index is 972. The van der Waals surface area contributed by atoms with Crippen LogP contribution in [-0.4, -0.2) is 22.6 Å². The zero-order valence-electron chi connectivity index (χ0n) is 14.4. The summed E-state index contributed by atoms with van der Waals surface area (Å²) in [5.74, 6) is -1.16. The van der Waals surface area contributed by atoms with Crippen LogP contribution in [0.15, 0.2) is 52.9 Å². The average Bonchev–Trinajstić information content (AvgIpc) is 3.03. The van der Waals surface area contributed by atoms with Gasteiger partial charge in [-0.25, -0.2) is 14.2 Å². The maximum atomic E-state index is 13.1. The number of carbonyl (C=O) groups is 1. The maximum absolute atomic E-state index is 13.1. The molecule has 0 saturated heterocycles. The van der Waals surface area contributed by atoms with Gasteiger partial charge in [0, 0.05) is 29.4 Å². The van der Waals surface area contributed by atoms with Crippen molar-refractivity contribution in [2.24, 2.45) is 0 Å². The molecule has 1 aliphatic heterocycles. The Balaban J connectivity index is 1.58. The molecule has 3 aromatic rings. The van der Waals surface area contributed by atoms with Crippen molar-refractivity contribution in [1.82, 2.24) is 4.98 Å². The molecule has 2 aromatic carbocycles. The summed E-state index contributed by atoms with van der Waals surface area (Å²) in [5, 5.41) is 13.0. The lowest BCUT2D eigenvalue weighted by Crippen LogP contribution is -2.15. The first-order valence-corrected chi connectivity index (χ1v) is 10.3. The fourth-order valence-electron chi connectivity index (χ4n) is 3.09. The molecule has 0 bridgehead atoms. The second kappa shape index (κ2) is 7.70. The number of anilines is 1. The fraction of sp³-hybridized carbons (Fsp3) is 0.200. The van der Waals surface area contributed by atoms with Gasteiger partial charge in [-0.15, -0.1) is 11.3 Å². The standard InChI is InChI=1S/C20H17FN2O2S2/c21-16-7-4-13(5-8-16)19-22-18(12-26-19)27-23-10-2-1-3-14-11-15(20(24)25)6-9-17(14)23/h4-9,11-12H,1-3,10H2,(H,24,25). The van der Waals surface area contributed by atoms with Gasteiger partial charge in [-0.3, -0.25) is 0 Å². The quantitative estimate of drug-likeness (QED) is 0.586. The molecule has 4 nitrogen and oxygen atoms in total. The summed E-state index contributed by atoms with van der Waals surface area (Å²) < 4.78 is 15.3. The molecule has 1 aliphatic rings. The van der Waals surface area contributed by atoms with Crippen LogP contribution in [0.2, 0.25) is 0 Å². The highest BCUT2D eigenvalue weighted by Crippen LogP contribution is 2.37. The molecular weight excluding hydrogens is 383 g/mol. The molecule has 0 radical (unpaired) electrons. The molecule has 1 N–H and O–H groups in total.